The quantitative estimate of drug-likeness (QED) is 0.417. The highest BCUT2D eigenvalue weighted by Gasteiger charge is 2.34. The van der Waals surface area contributed by atoms with Gasteiger partial charge in [0, 0.05) is 34.7 Å². The molecule has 10 heteroatoms. The lowest BCUT2D eigenvalue weighted by atomic mass is 10.0. The number of fused-ring (bicyclic) bond motifs is 1. The molecule has 4 aromatic rings. The lowest BCUT2D eigenvalue weighted by Gasteiger charge is -2.15. The monoisotopic (exact) mass is 458 g/mol. The molecule has 0 saturated carbocycles. The Kier molecular flexibility index (Phi) is 5.47. The van der Waals surface area contributed by atoms with Crippen LogP contribution in [0.25, 0.3) is 22.0 Å². The van der Waals surface area contributed by atoms with Gasteiger partial charge in [0.25, 0.3) is 0 Å². The summed E-state index contributed by atoms with van der Waals surface area (Å²) in [7, 11) is -3.39. The van der Waals surface area contributed by atoms with Crippen LogP contribution < -0.4 is 10.0 Å². The average Bonchev–Trinajstić information content (AvgIpc) is 2.73. The summed E-state index contributed by atoms with van der Waals surface area (Å²) >= 11 is 0. The van der Waals surface area contributed by atoms with Crippen molar-refractivity contribution in [2.24, 2.45) is 0 Å². The van der Waals surface area contributed by atoms with E-state index in [1.165, 1.54) is 12.3 Å². The number of anilines is 3. The van der Waals surface area contributed by atoms with Gasteiger partial charge < -0.3 is 5.32 Å². The number of sulfonamides is 1. The molecule has 0 aliphatic rings. The molecule has 2 heterocycles. The number of hydrogen-bond acceptors (Lipinski definition) is 5. The first-order chi connectivity index (χ1) is 15.1. The van der Waals surface area contributed by atoms with Crippen LogP contribution in [-0.2, 0) is 16.2 Å². The van der Waals surface area contributed by atoms with Gasteiger partial charge in [-0.1, -0.05) is 18.2 Å². The minimum Gasteiger partial charge on any atom is -0.339 e. The first-order valence-electron chi connectivity index (χ1n) is 9.36. The third-order valence-electron chi connectivity index (χ3n) is 4.61. The van der Waals surface area contributed by atoms with Gasteiger partial charge >= 0.3 is 6.18 Å². The van der Waals surface area contributed by atoms with E-state index in [2.05, 4.69) is 20.0 Å². The normalized spacial score (nSPS) is 12.0. The van der Waals surface area contributed by atoms with Crippen LogP contribution >= 0.6 is 0 Å². The summed E-state index contributed by atoms with van der Waals surface area (Å²) in [6.45, 7) is 0. The Morgan fingerprint density at radius 2 is 1.66 bits per heavy atom. The van der Waals surface area contributed by atoms with Gasteiger partial charge in [-0.25, -0.2) is 13.4 Å². The van der Waals surface area contributed by atoms with Gasteiger partial charge in [-0.2, -0.15) is 13.2 Å². The number of alkyl halides is 3. The van der Waals surface area contributed by atoms with Gasteiger partial charge in [0.05, 0.1) is 17.3 Å². The summed E-state index contributed by atoms with van der Waals surface area (Å²) in [6.07, 6.45) is -0.549. The van der Waals surface area contributed by atoms with Crippen molar-refractivity contribution in [1.29, 1.82) is 0 Å². The Labute approximate surface area is 182 Å². The number of hydrogen-bond donors (Lipinski definition) is 2. The van der Waals surface area contributed by atoms with E-state index in [4.69, 9.17) is 0 Å². The Bertz CT molecular complexity index is 1390. The summed E-state index contributed by atoms with van der Waals surface area (Å²) in [4.78, 5) is 8.28. The average molecular weight is 458 g/mol. The molecule has 0 fully saturated rings. The van der Waals surface area contributed by atoms with Crippen molar-refractivity contribution in [3.05, 3.63) is 78.6 Å². The van der Waals surface area contributed by atoms with Crippen molar-refractivity contribution in [3.8, 4) is 11.1 Å². The van der Waals surface area contributed by atoms with Crippen molar-refractivity contribution in [2.75, 3.05) is 16.3 Å². The number of pyridine rings is 2. The molecule has 0 unspecified atom stereocenters. The molecule has 6 nitrogen and oxygen atoms in total. The zero-order chi connectivity index (χ0) is 22.9. The molecule has 0 saturated heterocycles. The third kappa shape index (κ3) is 4.80. The fourth-order valence-corrected chi connectivity index (χ4v) is 3.79. The van der Waals surface area contributed by atoms with Crippen molar-refractivity contribution >= 4 is 38.1 Å². The highest BCUT2D eigenvalue weighted by molar-refractivity contribution is 7.92. The molecule has 0 atom stereocenters. The van der Waals surface area contributed by atoms with Crippen LogP contribution in [-0.4, -0.2) is 24.6 Å². The van der Waals surface area contributed by atoms with Gasteiger partial charge in [0.1, 0.15) is 5.82 Å². The van der Waals surface area contributed by atoms with Gasteiger partial charge in [-0.05, 0) is 48.0 Å². The minimum absolute atomic E-state index is 0.297. The molecule has 4 rings (SSSR count). The smallest absolute Gasteiger partial charge is 0.339 e. The van der Waals surface area contributed by atoms with Gasteiger partial charge in [-0.3, -0.25) is 9.71 Å². The van der Waals surface area contributed by atoms with Crippen molar-refractivity contribution in [1.82, 2.24) is 9.97 Å². The van der Waals surface area contributed by atoms with E-state index in [1.54, 1.807) is 54.7 Å². The predicted molar refractivity (Wildman–Crippen MR) is 118 cm³/mol. The lowest BCUT2D eigenvalue weighted by Crippen LogP contribution is -2.10. The number of nitrogens with zero attached hydrogens (tertiary/aromatic N) is 2. The first-order valence-corrected chi connectivity index (χ1v) is 11.3. The molecule has 2 aromatic carbocycles. The fraction of sp³-hybridized carbons (Fsp3) is 0.0909. The Morgan fingerprint density at radius 1 is 0.906 bits per heavy atom. The van der Waals surface area contributed by atoms with Gasteiger partial charge in [-0.15, -0.1) is 0 Å². The maximum Gasteiger partial charge on any atom is 0.419 e. The largest absolute Gasteiger partial charge is 0.419 e. The number of nitrogens with one attached hydrogen (secondary N) is 2. The van der Waals surface area contributed by atoms with Crippen molar-refractivity contribution in [3.63, 3.8) is 0 Å². The zero-order valence-electron chi connectivity index (χ0n) is 16.7. The molecule has 0 bridgehead atoms. The van der Waals surface area contributed by atoms with Crippen LogP contribution in [0.5, 0.6) is 0 Å². The summed E-state index contributed by atoms with van der Waals surface area (Å²) in [5.74, 6) is -0.297. The summed E-state index contributed by atoms with van der Waals surface area (Å²) in [6, 6.07) is 15.8. The summed E-state index contributed by atoms with van der Waals surface area (Å²) in [5, 5.41) is 3.40. The molecular weight excluding hydrogens is 441 g/mol. The second kappa shape index (κ2) is 8.12. The van der Waals surface area contributed by atoms with Crippen LogP contribution in [0.1, 0.15) is 5.56 Å². The standard InChI is InChI=1S/C22H17F3N4O2S/c1-32(30,31)29-16-9-7-14(8-10-16)15-12-17-19(27-13-15)5-2-6-20(17)28-21-18(22(23,24)25)4-3-11-26-21/h2-13,29H,1H3,(H,26,28). The van der Waals surface area contributed by atoms with E-state index in [-0.39, 0.29) is 5.82 Å². The maximum absolute atomic E-state index is 13.4. The zero-order valence-corrected chi connectivity index (χ0v) is 17.5. The predicted octanol–water partition coefficient (Wildman–Crippen LogP) is 5.43. The molecular formula is C22H17F3N4O2S. The topological polar surface area (TPSA) is 84.0 Å². The number of rotatable bonds is 5. The van der Waals surface area contributed by atoms with Crippen molar-refractivity contribution < 1.29 is 21.6 Å². The molecule has 0 aliphatic heterocycles. The SMILES string of the molecule is CS(=O)(=O)Nc1ccc(-c2cnc3cccc(Nc4ncccc4C(F)(F)F)c3c2)cc1. The van der Waals surface area contributed by atoms with Gasteiger partial charge in [0.2, 0.25) is 10.0 Å². The molecule has 2 aromatic heterocycles. The van der Waals surface area contributed by atoms with Crippen LogP contribution in [0.4, 0.5) is 30.4 Å². The summed E-state index contributed by atoms with van der Waals surface area (Å²) < 4.78 is 65.2. The Hall–Kier alpha value is -3.66. The van der Waals surface area contributed by atoms with Crippen LogP contribution in [0.15, 0.2) is 73.1 Å². The van der Waals surface area contributed by atoms with Crippen LogP contribution in [0.3, 0.4) is 0 Å². The van der Waals surface area contributed by atoms with E-state index in [0.29, 0.717) is 22.3 Å². The highest BCUT2D eigenvalue weighted by Crippen LogP contribution is 2.36. The first kappa shape index (κ1) is 21.6. The molecule has 0 spiro atoms. The van der Waals surface area contributed by atoms with E-state index >= 15 is 0 Å². The molecule has 0 amide bonds. The maximum atomic E-state index is 13.4. The highest BCUT2D eigenvalue weighted by atomic mass is 32.2. The van der Waals surface area contributed by atoms with E-state index in [1.807, 2.05) is 0 Å². The lowest BCUT2D eigenvalue weighted by molar-refractivity contribution is -0.137. The molecule has 32 heavy (non-hydrogen) atoms. The number of aromatic nitrogens is 2. The van der Waals surface area contributed by atoms with E-state index < -0.39 is 21.8 Å². The number of benzene rings is 2. The second-order valence-corrected chi connectivity index (χ2v) is 8.82. The van der Waals surface area contributed by atoms with Gasteiger partial charge in [0.15, 0.2) is 0 Å². The number of halogens is 3. The molecule has 2 N–H and O–H groups in total. The summed E-state index contributed by atoms with van der Waals surface area (Å²) in [5.41, 5.74) is 2.06. The van der Waals surface area contributed by atoms with Crippen LogP contribution in [0.2, 0.25) is 0 Å². The fourth-order valence-electron chi connectivity index (χ4n) is 3.22. The molecule has 0 radical (unpaired) electrons. The minimum atomic E-state index is -4.55. The van der Waals surface area contributed by atoms with E-state index in [0.717, 1.165) is 23.4 Å². The van der Waals surface area contributed by atoms with E-state index in [9.17, 15) is 21.6 Å². The Balaban J connectivity index is 1.72. The third-order valence-corrected chi connectivity index (χ3v) is 5.22. The molecule has 0 aliphatic carbocycles. The van der Waals surface area contributed by atoms with Crippen molar-refractivity contribution in [2.45, 2.75) is 6.18 Å². The van der Waals surface area contributed by atoms with Crippen LogP contribution in [0, 0.1) is 0 Å². The molecule has 164 valence electrons. The Morgan fingerprint density at radius 3 is 2.34 bits per heavy atom. The second-order valence-electron chi connectivity index (χ2n) is 7.07.